The van der Waals surface area contributed by atoms with Crippen LogP contribution in [0.3, 0.4) is 0 Å². The van der Waals surface area contributed by atoms with Gasteiger partial charge in [0.25, 0.3) is 0 Å². The van der Waals surface area contributed by atoms with Crippen molar-refractivity contribution in [3.63, 3.8) is 0 Å². The minimum absolute atomic E-state index is 0.0694. The van der Waals surface area contributed by atoms with Gasteiger partial charge in [0, 0.05) is 14.5 Å². The standard InChI is InChI=1S/C15H15Br2NO2/c1-9(11-8-10(20-2)6-7-14(11)19)18-15-12(16)4-3-5-13(15)17/h3-9,18-19H,1-2H3. The van der Waals surface area contributed by atoms with Crippen LogP contribution in [-0.4, -0.2) is 12.2 Å². The summed E-state index contributed by atoms with van der Waals surface area (Å²) in [6.07, 6.45) is 0. The van der Waals surface area contributed by atoms with Crippen molar-refractivity contribution in [3.8, 4) is 11.5 Å². The molecule has 20 heavy (non-hydrogen) atoms. The Balaban J connectivity index is 2.30. The van der Waals surface area contributed by atoms with E-state index in [0.29, 0.717) is 0 Å². The van der Waals surface area contributed by atoms with Gasteiger partial charge in [0.2, 0.25) is 0 Å². The quantitative estimate of drug-likeness (QED) is 0.750. The molecule has 2 aromatic rings. The van der Waals surface area contributed by atoms with Gasteiger partial charge in [-0.05, 0) is 69.1 Å². The Morgan fingerprint density at radius 1 is 1.15 bits per heavy atom. The molecule has 0 bridgehead atoms. The van der Waals surface area contributed by atoms with Crippen LogP contribution in [0.2, 0.25) is 0 Å². The van der Waals surface area contributed by atoms with Crippen molar-refractivity contribution < 1.29 is 9.84 Å². The molecule has 0 radical (unpaired) electrons. The fourth-order valence-corrected chi connectivity index (χ4v) is 3.16. The smallest absolute Gasteiger partial charge is 0.121 e. The lowest BCUT2D eigenvalue weighted by Gasteiger charge is -2.19. The minimum atomic E-state index is -0.0694. The number of benzene rings is 2. The molecule has 2 N–H and O–H groups in total. The predicted octanol–water partition coefficient (Wildman–Crippen LogP) is 5.10. The molecule has 0 fully saturated rings. The molecule has 2 aromatic carbocycles. The van der Waals surface area contributed by atoms with Crippen molar-refractivity contribution in [2.75, 3.05) is 12.4 Å². The number of methoxy groups -OCH3 is 1. The van der Waals surface area contributed by atoms with E-state index in [2.05, 4.69) is 37.2 Å². The van der Waals surface area contributed by atoms with E-state index in [1.165, 1.54) is 0 Å². The highest BCUT2D eigenvalue weighted by Gasteiger charge is 2.14. The van der Waals surface area contributed by atoms with E-state index in [1.54, 1.807) is 19.2 Å². The molecule has 0 aliphatic heterocycles. The third-order valence-electron chi connectivity index (χ3n) is 3.02. The Morgan fingerprint density at radius 2 is 1.80 bits per heavy atom. The average Bonchev–Trinajstić information content (AvgIpc) is 2.43. The molecular formula is C15H15Br2NO2. The SMILES string of the molecule is COc1ccc(O)c(C(C)Nc2c(Br)cccc2Br)c1. The van der Waals surface area contributed by atoms with Crippen LogP contribution < -0.4 is 10.1 Å². The van der Waals surface area contributed by atoms with E-state index in [0.717, 1.165) is 25.9 Å². The third kappa shape index (κ3) is 3.27. The van der Waals surface area contributed by atoms with E-state index in [4.69, 9.17) is 4.74 Å². The van der Waals surface area contributed by atoms with Crippen molar-refractivity contribution in [2.24, 2.45) is 0 Å². The zero-order chi connectivity index (χ0) is 14.7. The summed E-state index contributed by atoms with van der Waals surface area (Å²) in [7, 11) is 1.61. The summed E-state index contributed by atoms with van der Waals surface area (Å²) in [4.78, 5) is 0. The number of nitrogens with one attached hydrogen (secondary N) is 1. The fourth-order valence-electron chi connectivity index (χ4n) is 1.94. The predicted molar refractivity (Wildman–Crippen MR) is 88.5 cm³/mol. The molecule has 0 amide bonds. The van der Waals surface area contributed by atoms with Gasteiger partial charge in [-0.2, -0.15) is 0 Å². The normalized spacial score (nSPS) is 12.0. The molecule has 5 heteroatoms. The number of anilines is 1. The zero-order valence-electron chi connectivity index (χ0n) is 11.2. The molecule has 0 aromatic heterocycles. The first-order valence-electron chi connectivity index (χ1n) is 6.10. The number of hydrogen-bond donors (Lipinski definition) is 2. The molecule has 2 rings (SSSR count). The van der Waals surface area contributed by atoms with Crippen molar-refractivity contribution >= 4 is 37.5 Å². The minimum Gasteiger partial charge on any atom is -0.508 e. The lowest BCUT2D eigenvalue weighted by molar-refractivity contribution is 0.410. The van der Waals surface area contributed by atoms with E-state index >= 15 is 0 Å². The number of halogens is 2. The largest absolute Gasteiger partial charge is 0.508 e. The summed E-state index contributed by atoms with van der Waals surface area (Å²) in [5, 5.41) is 13.4. The van der Waals surface area contributed by atoms with Gasteiger partial charge in [0.05, 0.1) is 18.8 Å². The molecule has 1 unspecified atom stereocenters. The molecule has 3 nitrogen and oxygen atoms in total. The summed E-state index contributed by atoms with van der Waals surface area (Å²) in [6.45, 7) is 1.99. The Kier molecular flexibility index (Phi) is 4.94. The number of rotatable bonds is 4. The van der Waals surface area contributed by atoms with Crippen LogP contribution in [0.4, 0.5) is 5.69 Å². The van der Waals surface area contributed by atoms with Crippen molar-refractivity contribution in [3.05, 3.63) is 50.9 Å². The molecule has 0 aliphatic carbocycles. The first-order chi connectivity index (χ1) is 9.52. The second kappa shape index (κ2) is 6.50. The van der Waals surface area contributed by atoms with E-state index < -0.39 is 0 Å². The average molecular weight is 401 g/mol. The molecule has 0 heterocycles. The van der Waals surface area contributed by atoms with Crippen molar-refractivity contribution in [2.45, 2.75) is 13.0 Å². The Hall–Kier alpha value is -1.20. The maximum atomic E-state index is 10.00. The number of phenolic OH excluding ortho intramolecular Hbond substituents is 1. The second-order valence-corrected chi connectivity index (χ2v) is 6.10. The van der Waals surface area contributed by atoms with Gasteiger partial charge < -0.3 is 15.2 Å². The Bertz CT molecular complexity index is 597. The Morgan fingerprint density at radius 3 is 2.40 bits per heavy atom. The van der Waals surface area contributed by atoms with Crippen molar-refractivity contribution in [1.29, 1.82) is 0 Å². The number of ether oxygens (including phenoxy) is 1. The number of aromatic hydroxyl groups is 1. The van der Waals surface area contributed by atoms with Crippen LogP contribution in [0.25, 0.3) is 0 Å². The Labute approximate surface area is 135 Å². The van der Waals surface area contributed by atoms with Gasteiger partial charge in [-0.25, -0.2) is 0 Å². The second-order valence-electron chi connectivity index (χ2n) is 4.39. The first kappa shape index (κ1) is 15.2. The highest BCUT2D eigenvalue weighted by molar-refractivity contribution is 9.11. The van der Waals surface area contributed by atoms with Crippen LogP contribution in [0.15, 0.2) is 45.3 Å². The first-order valence-corrected chi connectivity index (χ1v) is 7.69. The van der Waals surface area contributed by atoms with Crippen molar-refractivity contribution in [1.82, 2.24) is 0 Å². The van der Waals surface area contributed by atoms with Gasteiger partial charge in [-0.1, -0.05) is 6.07 Å². The van der Waals surface area contributed by atoms with Crippen LogP contribution in [0, 0.1) is 0 Å². The lowest BCUT2D eigenvalue weighted by atomic mass is 10.1. The third-order valence-corrected chi connectivity index (χ3v) is 4.35. The number of hydrogen-bond acceptors (Lipinski definition) is 3. The van der Waals surface area contributed by atoms with Crippen LogP contribution in [-0.2, 0) is 0 Å². The summed E-state index contributed by atoms with van der Waals surface area (Å²) in [6, 6.07) is 11.0. The maximum Gasteiger partial charge on any atom is 0.121 e. The molecule has 0 saturated carbocycles. The summed E-state index contributed by atoms with van der Waals surface area (Å²) >= 11 is 7.03. The zero-order valence-corrected chi connectivity index (χ0v) is 14.3. The van der Waals surface area contributed by atoms with Crippen LogP contribution in [0.1, 0.15) is 18.5 Å². The molecule has 0 aliphatic rings. The van der Waals surface area contributed by atoms with Crippen LogP contribution >= 0.6 is 31.9 Å². The monoisotopic (exact) mass is 399 g/mol. The fraction of sp³-hybridized carbons (Fsp3) is 0.200. The molecule has 0 spiro atoms. The van der Waals surface area contributed by atoms with Gasteiger partial charge in [-0.15, -0.1) is 0 Å². The van der Waals surface area contributed by atoms with Gasteiger partial charge in [0.15, 0.2) is 0 Å². The summed E-state index contributed by atoms with van der Waals surface area (Å²) in [5.74, 6) is 0.964. The van der Waals surface area contributed by atoms with Gasteiger partial charge in [0.1, 0.15) is 11.5 Å². The number of para-hydroxylation sites is 1. The highest BCUT2D eigenvalue weighted by Crippen LogP contribution is 2.36. The number of phenols is 1. The molecular weight excluding hydrogens is 386 g/mol. The highest BCUT2D eigenvalue weighted by atomic mass is 79.9. The maximum absolute atomic E-state index is 10.00. The van der Waals surface area contributed by atoms with E-state index in [1.807, 2.05) is 31.2 Å². The van der Waals surface area contributed by atoms with E-state index in [-0.39, 0.29) is 11.8 Å². The summed E-state index contributed by atoms with van der Waals surface area (Å²) < 4.78 is 7.12. The van der Waals surface area contributed by atoms with Gasteiger partial charge in [-0.3, -0.25) is 0 Å². The topological polar surface area (TPSA) is 41.5 Å². The summed E-state index contributed by atoms with van der Waals surface area (Å²) in [5.41, 5.74) is 1.73. The van der Waals surface area contributed by atoms with Crippen LogP contribution in [0.5, 0.6) is 11.5 Å². The molecule has 0 saturated heterocycles. The molecule has 106 valence electrons. The van der Waals surface area contributed by atoms with Gasteiger partial charge >= 0.3 is 0 Å². The van der Waals surface area contributed by atoms with E-state index in [9.17, 15) is 5.11 Å². The molecule has 1 atom stereocenters. The lowest BCUT2D eigenvalue weighted by Crippen LogP contribution is -2.08.